The van der Waals surface area contributed by atoms with Crippen LogP contribution in [0.15, 0.2) is 28.5 Å². The molecular formula is C22H28N2O3S2. The lowest BCUT2D eigenvalue weighted by molar-refractivity contribution is -0.137. The average Bonchev–Trinajstić information content (AvgIpc) is 3.14. The van der Waals surface area contributed by atoms with Gasteiger partial charge in [-0.1, -0.05) is 17.7 Å². The number of hydrogen-bond acceptors (Lipinski definition) is 4. The molecule has 1 saturated heterocycles. The van der Waals surface area contributed by atoms with Crippen molar-refractivity contribution in [3.63, 3.8) is 0 Å². The first kappa shape index (κ1) is 20.6. The van der Waals surface area contributed by atoms with Crippen LogP contribution in [0, 0.1) is 26.7 Å². The number of benzene rings is 1. The number of aryl methyl sites for hydroxylation is 3. The summed E-state index contributed by atoms with van der Waals surface area (Å²) in [7, 11) is -3.54. The lowest BCUT2D eigenvalue weighted by Gasteiger charge is -2.35. The molecule has 7 heteroatoms. The van der Waals surface area contributed by atoms with E-state index in [1.54, 1.807) is 15.6 Å². The lowest BCUT2D eigenvalue weighted by atomic mass is 9.95. The second-order valence-electron chi connectivity index (χ2n) is 8.29. The standard InChI is InChI=1S/C22H28N2O3S2/c1-15-12-16(2)21(17(3)13-15)29(26,27)24-9-4-18(5-10-24)22(25)23-8-6-20-19(14-23)7-11-28-20/h7,11-13,18H,4-6,8-10,14H2,1-3H3. The SMILES string of the molecule is Cc1cc(C)c(S(=O)(=O)N2CCC(C(=O)N3CCc4sccc4C3)CC2)c(C)c1. The van der Waals surface area contributed by atoms with Gasteiger partial charge in [0.15, 0.2) is 0 Å². The Bertz CT molecular complexity index is 1010. The van der Waals surface area contributed by atoms with Crippen LogP contribution < -0.4 is 0 Å². The molecule has 0 saturated carbocycles. The molecule has 2 aromatic rings. The molecule has 0 spiro atoms. The van der Waals surface area contributed by atoms with Crippen molar-refractivity contribution < 1.29 is 13.2 Å². The van der Waals surface area contributed by atoms with Gasteiger partial charge >= 0.3 is 0 Å². The van der Waals surface area contributed by atoms with E-state index in [2.05, 4.69) is 11.4 Å². The molecule has 1 aromatic heterocycles. The molecule has 0 bridgehead atoms. The van der Waals surface area contributed by atoms with Crippen molar-refractivity contribution in [1.82, 2.24) is 9.21 Å². The maximum atomic E-state index is 13.3. The Morgan fingerprint density at radius 2 is 1.72 bits per heavy atom. The summed E-state index contributed by atoms with van der Waals surface area (Å²) in [5.74, 6) is 0.100. The minimum absolute atomic E-state index is 0.0816. The average molecular weight is 433 g/mol. The number of carbonyl (C=O) groups excluding carboxylic acids is 1. The van der Waals surface area contributed by atoms with Gasteiger partial charge in [0.05, 0.1) is 4.90 Å². The van der Waals surface area contributed by atoms with E-state index in [-0.39, 0.29) is 11.8 Å². The van der Waals surface area contributed by atoms with Crippen LogP contribution in [0.2, 0.25) is 0 Å². The Labute approximate surface area is 177 Å². The molecule has 5 nitrogen and oxygen atoms in total. The van der Waals surface area contributed by atoms with Gasteiger partial charge in [-0.05, 0) is 68.2 Å². The van der Waals surface area contributed by atoms with Gasteiger partial charge in [-0.25, -0.2) is 8.42 Å². The number of rotatable bonds is 3. The maximum Gasteiger partial charge on any atom is 0.243 e. The van der Waals surface area contributed by atoms with Crippen molar-refractivity contribution in [3.8, 4) is 0 Å². The highest BCUT2D eigenvalue weighted by Gasteiger charge is 2.35. The van der Waals surface area contributed by atoms with Crippen LogP contribution in [0.1, 0.15) is 40.0 Å². The number of nitrogens with zero attached hydrogens (tertiary/aromatic N) is 2. The number of piperidine rings is 1. The second kappa shape index (κ2) is 7.85. The molecule has 2 aliphatic rings. The summed E-state index contributed by atoms with van der Waals surface area (Å²) >= 11 is 1.77. The van der Waals surface area contributed by atoms with Crippen molar-refractivity contribution in [2.75, 3.05) is 19.6 Å². The van der Waals surface area contributed by atoms with Crippen LogP contribution >= 0.6 is 11.3 Å². The monoisotopic (exact) mass is 432 g/mol. The molecule has 0 N–H and O–H groups in total. The molecule has 0 aliphatic carbocycles. The molecular weight excluding hydrogens is 404 g/mol. The van der Waals surface area contributed by atoms with Crippen molar-refractivity contribution >= 4 is 27.3 Å². The van der Waals surface area contributed by atoms with E-state index < -0.39 is 10.0 Å². The third-order valence-corrected chi connectivity index (χ3v) is 9.35. The zero-order valence-electron chi connectivity index (χ0n) is 17.3. The van der Waals surface area contributed by atoms with Gasteiger partial charge in [0.2, 0.25) is 15.9 Å². The quantitative estimate of drug-likeness (QED) is 0.744. The highest BCUT2D eigenvalue weighted by Crippen LogP contribution is 2.31. The second-order valence-corrected chi connectivity index (χ2v) is 11.2. The Balaban J connectivity index is 1.44. The minimum Gasteiger partial charge on any atom is -0.338 e. The van der Waals surface area contributed by atoms with Crippen molar-refractivity contribution in [2.24, 2.45) is 5.92 Å². The summed E-state index contributed by atoms with van der Waals surface area (Å²) in [4.78, 5) is 16.8. The third kappa shape index (κ3) is 3.88. The summed E-state index contributed by atoms with van der Waals surface area (Å²) in [6.45, 7) is 7.97. The van der Waals surface area contributed by atoms with Crippen LogP contribution in [0.5, 0.6) is 0 Å². The van der Waals surface area contributed by atoms with Gasteiger partial charge in [0.25, 0.3) is 0 Å². The fraction of sp³-hybridized carbons (Fsp3) is 0.500. The topological polar surface area (TPSA) is 57.7 Å². The zero-order valence-corrected chi connectivity index (χ0v) is 18.9. The number of hydrogen-bond donors (Lipinski definition) is 0. The third-order valence-electron chi connectivity index (χ3n) is 6.13. The predicted molar refractivity (Wildman–Crippen MR) is 116 cm³/mol. The molecule has 156 valence electrons. The largest absolute Gasteiger partial charge is 0.338 e. The molecule has 1 aromatic carbocycles. The number of thiophene rings is 1. The first-order valence-electron chi connectivity index (χ1n) is 10.2. The highest BCUT2D eigenvalue weighted by molar-refractivity contribution is 7.89. The molecule has 3 heterocycles. The number of sulfonamides is 1. The summed E-state index contributed by atoms with van der Waals surface area (Å²) in [6, 6.07) is 5.96. The van der Waals surface area contributed by atoms with Crippen molar-refractivity contribution in [3.05, 3.63) is 50.7 Å². The van der Waals surface area contributed by atoms with E-state index in [1.165, 1.54) is 10.4 Å². The van der Waals surface area contributed by atoms with E-state index >= 15 is 0 Å². The Morgan fingerprint density at radius 3 is 2.38 bits per heavy atom. The smallest absolute Gasteiger partial charge is 0.243 e. The first-order chi connectivity index (χ1) is 13.8. The van der Waals surface area contributed by atoms with Crippen LogP contribution in [0.25, 0.3) is 0 Å². The molecule has 0 radical (unpaired) electrons. The predicted octanol–water partition coefficient (Wildman–Crippen LogP) is 3.66. The van der Waals surface area contributed by atoms with Gasteiger partial charge in [-0.15, -0.1) is 11.3 Å². The van der Waals surface area contributed by atoms with Gasteiger partial charge in [-0.2, -0.15) is 4.31 Å². The molecule has 29 heavy (non-hydrogen) atoms. The van der Waals surface area contributed by atoms with Crippen molar-refractivity contribution in [1.29, 1.82) is 0 Å². The maximum absolute atomic E-state index is 13.3. The highest BCUT2D eigenvalue weighted by atomic mass is 32.2. The van der Waals surface area contributed by atoms with Gasteiger partial charge in [-0.3, -0.25) is 4.79 Å². The summed E-state index contributed by atoms with van der Waals surface area (Å²) in [5, 5.41) is 2.09. The van der Waals surface area contributed by atoms with Crippen LogP contribution in [-0.2, 0) is 27.8 Å². The number of fused-ring (bicyclic) bond motifs is 1. The summed E-state index contributed by atoms with van der Waals surface area (Å²) in [6.07, 6.45) is 2.11. The summed E-state index contributed by atoms with van der Waals surface area (Å²) in [5.41, 5.74) is 3.92. The molecule has 1 amide bonds. The molecule has 1 fully saturated rings. The van der Waals surface area contributed by atoms with Crippen LogP contribution in [0.4, 0.5) is 0 Å². The molecule has 0 unspecified atom stereocenters. The van der Waals surface area contributed by atoms with Crippen LogP contribution in [-0.4, -0.2) is 43.2 Å². The van der Waals surface area contributed by atoms with E-state index in [4.69, 9.17) is 0 Å². The van der Waals surface area contributed by atoms with E-state index in [0.29, 0.717) is 37.4 Å². The fourth-order valence-corrected chi connectivity index (χ4v) is 7.51. The molecule has 4 rings (SSSR count). The Hall–Kier alpha value is -1.70. The normalized spacial score (nSPS) is 18.7. The minimum atomic E-state index is -3.54. The number of carbonyl (C=O) groups is 1. The molecule has 2 aliphatic heterocycles. The van der Waals surface area contributed by atoms with Gasteiger partial charge < -0.3 is 4.90 Å². The Morgan fingerprint density at radius 1 is 1.07 bits per heavy atom. The lowest BCUT2D eigenvalue weighted by Crippen LogP contribution is -2.45. The zero-order chi connectivity index (χ0) is 20.8. The van der Waals surface area contributed by atoms with Gasteiger partial charge in [0, 0.05) is 37.0 Å². The van der Waals surface area contributed by atoms with Crippen LogP contribution in [0.3, 0.4) is 0 Å². The molecule has 0 atom stereocenters. The van der Waals surface area contributed by atoms with E-state index in [1.807, 2.05) is 37.8 Å². The fourth-order valence-electron chi connectivity index (χ4n) is 4.74. The Kier molecular flexibility index (Phi) is 5.57. The van der Waals surface area contributed by atoms with Crippen molar-refractivity contribution in [2.45, 2.75) is 51.5 Å². The van der Waals surface area contributed by atoms with Gasteiger partial charge in [0.1, 0.15) is 0 Å². The van der Waals surface area contributed by atoms with E-state index in [0.717, 1.165) is 29.7 Å². The summed E-state index contributed by atoms with van der Waals surface area (Å²) < 4.78 is 28.1. The number of amides is 1. The first-order valence-corrected chi connectivity index (χ1v) is 12.5. The van der Waals surface area contributed by atoms with E-state index in [9.17, 15) is 13.2 Å².